The molecule has 0 saturated heterocycles. The molecule has 0 radical (unpaired) electrons. The summed E-state index contributed by atoms with van der Waals surface area (Å²) in [5, 5.41) is 5.28. The van der Waals surface area contributed by atoms with E-state index in [9.17, 15) is 22.4 Å². The van der Waals surface area contributed by atoms with Crippen LogP contribution in [-0.4, -0.2) is 35.8 Å². The number of alkyl halides is 3. The smallest absolute Gasteiger partial charge is 0.419 e. The first-order valence-corrected chi connectivity index (χ1v) is 12.1. The molecule has 3 aromatic carbocycles. The predicted octanol–water partition coefficient (Wildman–Crippen LogP) is 6.61. The number of urea groups is 1. The highest BCUT2D eigenvalue weighted by Crippen LogP contribution is 2.34. The molecule has 0 saturated carbocycles. The van der Waals surface area contributed by atoms with Gasteiger partial charge in [0, 0.05) is 37.1 Å². The summed E-state index contributed by atoms with van der Waals surface area (Å²) in [4.78, 5) is 20.7. The lowest BCUT2D eigenvalue weighted by molar-refractivity contribution is -0.139. The largest absolute Gasteiger partial charge is 0.491 e. The van der Waals surface area contributed by atoms with Crippen LogP contribution in [0.4, 0.5) is 39.4 Å². The molecule has 13 heteroatoms. The second-order valence-electron chi connectivity index (χ2n) is 8.38. The Bertz CT molecular complexity index is 1480. The van der Waals surface area contributed by atoms with Gasteiger partial charge in [0.25, 0.3) is 0 Å². The number of fused-ring (bicyclic) bond motifs is 1. The molecule has 0 bridgehead atoms. The normalized spacial score (nSPS) is 11.3. The van der Waals surface area contributed by atoms with E-state index in [4.69, 9.17) is 19.9 Å². The maximum absolute atomic E-state index is 13.5. The van der Waals surface area contributed by atoms with E-state index < -0.39 is 23.6 Å². The van der Waals surface area contributed by atoms with Gasteiger partial charge in [0.15, 0.2) is 0 Å². The van der Waals surface area contributed by atoms with Crippen molar-refractivity contribution in [3.8, 4) is 17.4 Å². The maximum Gasteiger partial charge on any atom is 0.419 e. The van der Waals surface area contributed by atoms with Gasteiger partial charge in [0.2, 0.25) is 5.88 Å². The minimum atomic E-state index is -4.89. The first kappa shape index (κ1) is 28.4. The van der Waals surface area contributed by atoms with Crippen LogP contribution in [-0.2, 0) is 10.9 Å². The van der Waals surface area contributed by atoms with Gasteiger partial charge >= 0.3 is 12.2 Å². The molecule has 0 aliphatic carbocycles. The van der Waals surface area contributed by atoms with Gasteiger partial charge in [0.1, 0.15) is 23.6 Å². The number of rotatable bonds is 10. The van der Waals surface area contributed by atoms with Crippen molar-refractivity contribution in [2.45, 2.75) is 19.5 Å². The van der Waals surface area contributed by atoms with E-state index in [1.807, 2.05) is 6.92 Å². The number of nitrogens with one attached hydrogen (secondary N) is 2. The molecule has 4 rings (SSSR count). The van der Waals surface area contributed by atoms with E-state index in [0.717, 1.165) is 6.07 Å². The zero-order valence-electron chi connectivity index (χ0n) is 21.2. The van der Waals surface area contributed by atoms with Crippen LogP contribution in [0.1, 0.15) is 18.9 Å². The first-order valence-electron chi connectivity index (χ1n) is 12.1. The second-order valence-corrected chi connectivity index (χ2v) is 8.38. The lowest BCUT2D eigenvalue weighted by Crippen LogP contribution is -2.20. The van der Waals surface area contributed by atoms with Gasteiger partial charge in [-0.2, -0.15) is 13.2 Å². The number of hydrogen-bond donors (Lipinski definition) is 3. The summed E-state index contributed by atoms with van der Waals surface area (Å²) in [7, 11) is 0. The molecule has 0 fully saturated rings. The number of carbonyl (C=O) groups excluding carboxylic acids is 1. The molecule has 4 aromatic rings. The van der Waals surface area contributed by atoms with Crippen molar-refractivity contribution in [1.82, 2.24) is 9.97 Å². The zero-order chi connectivity index (χ0) is 28.7. The monoisotopic (exact) mass is 559 g/mol. The second kappa shape index (κ2) is 12.5. The zero-order valence-corrected chi connectivity index (χ0v) is 21.2. The van der Waals surface area contributed by atoms with Gasteiger partial charge in [0.05, 0.1) is 28.8 Å². The van der Waals surface area contributed by atoms with E-state index in [1.165, 1.54) is 18.5 Å². The Balaban J connectivity index is 1.39. The summed E-state index contributed by atoms with van der Waals surface area (Å²) >= 11 is 0. The number of amides is 2. The van der Waals surface area contributed by atoms with Crippen LogP contribution in [0.2, 0.25) is 0 Å². The Kier molecular flexibility index (Phi) is 8.84. The standard InChI is InChI=1S/C27H25F4N5O4/c1-2-38-10-3-11-39-24-14-23-19(13-22(24)32)25(34-15-33-23)40-18-7-4-16(5-8-18)35-26(37)36-17-6-9-21(28)20(12-17)27(29,30)31/h4-9,12-15H,2-3,10-11,32H2,1H3,(H2,35,36,37). The molecule has 0 aliphatic rings. The van der Waals surface area contributed by atoms with E-state index in [-0.39, 0.29) is 11.6 Å². The molecule has 0 spiro atoms. The van der Waals surface area contributed by atoms with E-state index in [0.29, 0.717) is 72.2 Å². The molecule has 210 valence electrons. The van der Waals surface area contributed by atoms with Crippen LogP contribution < -0.4 is 25.8 Å². The topological polar surface area (TPSA) is 121 Å². The summed E-state index contributed by atoms with van der Waals surface area (Å²) in [6.45, 7) is 3.57. The van der Waals surface area contributed by atoms with Crippen molar-refractivity contribution in [2.24, 2.45) is 0 Å². The van der Waals surface area contributed by atoms with Gasteiger partial charge < -0.3 is 30.6 Å². The molecule has 2 amide bonds. The van der Waals surface area contributed by atoms with Crippen LogP contribution >= 0.6 is 0 Å². The quantitative estimate of drug-likeness (QED) is 0.114. The minimum absolute atomic E-state index is 0.222. The molecule has 1 heterocycles. The Morgan fingerprint density at radius 1 is 0.975 bits per heavy atom. The van der Waals surface area contributed by atoms with Crippen molar-refractivity contribution in [3.05, 3.63) is 72.3 Å². The third-order valence-electron chi connectivity index (χ3n) is 5.48. The van der Waals surface area contributed by atoms with Gasteiger partial charge in [-0.1, -0.05) is 0 Å². The van der Waals surface area contributed by atoms with Crippen molar-refractivity contribution >= 4 is 34.0 Å². The molecular weight excluding hydrogens is 534 g/mol. The fraction of sp³-hybridized carbons (Fsp3) is 0.222. The fourth-order valence-electron chi connectivity index (χ4n) is 3.60. The van der Waals surface area contributed by atoms with Crippen LogP contribution in [0.3, 0.4) is 0 Å². The van der Waals surface area contributed by atoms with Crippen LogP contribution in [0.5, 0.6) is 17.4 Å². The number of halogens is 4. The number of anilines is 3. The van der Waals surface area contributed by atoms with Crippen LogP contribution in [0, 0.1) is 5.82 Å². The van der Waals surface area contributed by atoms with Crippen molar-refractivity contribution < 1.29 is 36.6 Å². The highest BCUT2D eigenvalue weighted by atomic mass is 19.4. The number of aromatic nitrogens is 2. The molecule has 0 unspecified atom stereocenters. The number of nitrogens with two attached hydrogens (primary N) is 1. The Hall–Kier alpha value is -4.65. The van der Waals surface area contributed by atoms with Crippen molar-refractivity contribution in [2.75, 3.05) is 36.2 Å². The Labute approximate surface area is 226 Å². The summed E-state index contributed by atoms with van der Waals surface area (Å²) in [6.07, 6.45) is -2.84. The highest BCUT2D eigenvalue weighted by molar-refractivity contribution is 5.99. The van der Waals surface area contributed by atoms with Gasteiger partial charge in [-0.3, -0.25) is 0 Å². The van der Waals surface area contributed by atoms with Crippen molar-refractivity contribution in [3.63, 3.8) is 0 Å². The number of benzene rings is 3. The molecule has 1 aromatic heterocycles. The molecular formula is C27H25F4N5O4. The average Bonchev–Trinajstić information content (AvgIpc) is 2.91. The fourth-order valence-corrected chi connectivity index (χ4v) is 3.60. The SMILES string of the molecule is CCOCCCOc1cc2ncnc(Oc3ccc(NC(=O)Nc4ccc(F)c(C(F)(F)F)c4)cc3)c2cc1N. The Morgan fingerprint density at radius 2 is 1.70 bits per heavy atom. The maximum atomic E-state index is 13.5. The van der Waals surface area contributed by atoms with Crippen LogP contribution in [0.15, 0.2) is 60.9 Å². The summed E-state index contributed by atoms with van der Waals surface area (Å²) < 4.78 is 69.1. The third-order valence-corrected chi connectivity index (χ3v) is 5.48. The predicted molar refractivity (Wildman–Crippen MR) is 141 cm³/mol. The molecule has 0 atom stereocenters. The number of ether oxygens (including phenoxy) is 3. The van der Waals surface area contributed by atoms with Crippen LogP contribution in [0.25, 0.3) is 10.9 Å². The summed E-state index contributed by atoms with van der Waals surface area (Å²) in [5.74, 6) is -0.322. The molecule has 0 aliphatic heterocycles. The number of carbonyl (C=O) groups is 1. The molecule has 40 heavy (non-hydrogen) atoms. The lowest BCUT2D eigenvalue weighted by Gasteiger charge is -2.13. The molecule has 9 nitrogen and oxygen atoms in total. The third kappa shape index (κ3) is 7.26. The highest BCUT2D eigenvalue weighted by Gasteiger charge is 2.34. The van der Waals surface area contributed by atoms with Crippen molar-refractivity contribution in [1.29, 1.82) is 0 Å². The minimum Gasteiger partial charge on any atom is -0.491 e. The van der Waals surface area contributed by atoms with Gasteiger partial charge in [-0.15, -0.1) is 0 Å². The number of nitrogens with zero attached hydrogens (tertiary/aromatic N) is 2. The van der Waals surface area contributed by atoms with Gasteiger partial charge in [-0.05, 0) is 55.5 Å². The van der Waals surface area contributed by atoms with E-state index in [1.54, 1.807) is 24.3 Å². The summed E-state index contributed by atoms with van der Waals surface area (Å²) in [5.41, 5.74) is 5.73. The number of nitrogen functional groups attached to an aromatic ring is 1. The first-order chi connectivity index (χ1) is 19.1. The van der Waals surface area contributed by atoms with E-state index >= 15 is 0 Å². The molecule has 4 N–H and O–H groups in total. The van der Waals surface area contributed by atoms with Gasteiger partial charge in [-0.25, -0.2) is 19.2 Å². The van der Waals surface area contributed by atoms with E-state index in [2.05, 4.69) is 20.6 Å². The Morgan fingerprint density at radius 3 is 2.42 bits per heavy atom. The lowest BCUT2D eigenvalue weighted by atomic mass is 10.2. The average molecular weight is 560 g/mol. The number of hydrogen-bond acceptors (Lipinski definition) is 7. The summed E-state index contributed by atoms with van der Waals surface area (Å²) in [6, 6.07) is 10.9.